The minimum atomic E-state index is -0.392. The molecule has 2 aliphatic heterocycles. The zero-order valence-corrected chi connectivity index (χ0v) is 15.4. The van der Waals surface area contributed by atoms with E-state index in [1.165, 1.54) is 12.1 Å². The van der Waals surface area contributed by atoms with Gasteiger partial charge >= 0.3 is 6.03 Å². The van der Waals surface area contributed by atoms with E-state index in [1.807, 2.05) is 17.7 Å². The number of carbonyl (C=O) groups is 2. The van der Waals surface area contributed by atoms with Crippen LogP contribution in [0.15, 0.2) is 30.3 Å². The number of hydrogen-bond acceptors (Lipinski definition) is 3. The van der Waals surface area contributed by atoms with Crippen molar-refractivity contribution in [3.63, 3.8) is 0 Å². The maximum Gasteiger partial charge on any atom is 0.321 e. The van der Waals surface area contributed by atoms with Crippen LogP contribution >= 0.6 is 0 Å². The van der Waals surface area contributed by atoms with Crippen LogP contribution in [0, 0.1) is 12.7 Å². The zero-order valence-electron chi connectivity index (χ0n) is 15.4. The summed E-state index contributed by atoms with van der Waals surface area (Å²) in [6, 6.07) is 7.50. The standard InChI is InChI=1S/C19H22FN5O2/c1-13-10-16-23(2)17(26)12-19(25(16)22-13)6-8-24(9-7-19)18(27)21-15-5-3-4-14(20)11-15/h3-5,10-11H,6-9,12H2,1-2H3,(H,21,27). The van der Waals surface area contributed by atoms with Gasteiger partial charge in [0.15, 0.2) is 0 Å². The van der Waals surface area contributed by atoms with Crippen molar-refractivity contribution in [3.05, 3.63) is 41.8 Å². The molecular weight excluding hydrogens is 349 g/mol. The fourth-order valence-corrected chi connectivity index (χ4v) is 3.96. The third-order valence-electron chi connectivity index (χ3n) is 5.52. The maximum atomic E-state index is 13.3. The fraction of sp³-hybridized carbons (Fsp3) is 0.421. The number of urea groups is 1. The highest BCUT2D eigenvalue weighted by Gasteiger charge is 2.45. The number of anilines is 2. The van der Waals surface area contributed by atoms with Gasteiger partial charge in [-0.1, -0.05) is 6.07 Å². The Morgan fingerprint density at radius 3 is 2.70 bits per heavy atom. The van der Waals surface area contributed by atoms with Crippen molar-refractivity contribution in [2.45, 2.75) is 31.7 Å². The van der Waals surface area contributed by atoms with Crippen molar-refractivity contribution >= 4 is 23.4 Å². The number of likely N-dealkylation sites (tertiary alicyclic amines) is 1. The third kappa shape index (κ3) is 3.05. The van der Waals surface area contributed by atoms with E-state index < -0.39 is 5.82 Å². The van der Waals surface area contributed by atoms with Gasteiger partial charge in [-0.15, -0.1) is 0 Å². The Balaban J connectivity index is 1.49. The lowest BCUT2D eigenvalue weighted by Crippen LogP contribution is -2.54. The largest absolute Gasteiger partial charge is 0.324 e. The first-order valence-electron chi connectivity index (χ1n) is 9.03. The molecular formula is C19H22FN5O2. The Morgan fingerprint density at radius 1 is 1.26 bits per heavy atom. The lowest BCUT2D eigenvalue weighted by atomic mass is 9.83. The normalized spacial score (nSPS) is 18.6. The summed E-state index contributed by atoms with van der Waals surface area (Å²) in [7, 11) is 1.77. The molecule has 1 saturated heterocycles. The Labute approximate surface area is 156 Å². The molecule has 142 valence electrons. The van der Waals surface area contributed by atoms with E-state index in [0.717, 1.165) is 11.5 Å². The number of fused-ring (bicyclic) bond motifs is 2. The number of piperidine rings is 1. The molecule has 8 heteroatoms. The van der Waals surface area contributed by atoms with Crippen LogP contribution in [0.25, 0.3) is 0 Å². The van der Waals surface area contributed by atoms with Crippen LogP contribution in [0.5, 0.6) is 0 Å². The van der Waals surface area contributed by atoms with E-state index in [4.69, 9.17) is 0 Å². The number of hydrogen-bond donors (Lipinski definition) is 1. The SMILES string of the molecule is Cc1cc2n(n1)C1(CCN(C(=O)Nc3cccc(F)c3)CC1)CC(=O)N2C. The first kappa shape index (κ1) is 17.5. The highest BCUT2D eigenvalue weighted by Crippen LogP contribution is 2.40. The molecule has 0 saturated carbocycles. The fourth-order valence-electron chi connectivity index (χ4n) is 3.96. The number of amides is 3. The summed E-state index contributed by atoms with van der Waals surface area (Å²) in [5.41, 5.74) is 0.917. The monoisotopic (exact) mass is 371 g/mol. The van der Waals surface area contributed by atoms with Crippen LogP contribution in [-0.2, 0) is 10.3 Å². The van der Waals surface area contributed by atoms with Crippen LogP contribution < -0.4 is 10.2 Å². The summed E-state index contributed by atoms with van der Waals surface area (Å²) in [4.78, 5) is 28.3. The van der Waals surface area contributed by atoms with Gasteiger partial charge in [-0.25, -0.2) is 13.9 Å². The van der Waals surface area contributed by atoms with Gasteiger partial charge in [0.1, 0.15) is 11.6 Å². The predicted octanol–water partition coefficient (Wildman–Crippen LogP) is 2.72. The lowest BCUT2D eigenvalue weighted by Gasteiger charge is -2.45. The predicted molar refractivity (Wildman–Crippen MR) is 99.2 cm³/mol. The quantitative estimate of drug-likeness (QED) is 0.838. The molecule has 0 radical (unpaired) electrons. The molecule has 0 atom stereocenters. The van der Waals surface area contributed by atoms with E-state index in [1.54, 1.807) is 29.0 Å². The van der Waals surface area contributed by atoms with Gasteiger partial charge in [-0.2, -0.15) is 5.10 Å². The molecule has 0 aliphatic carbocycles. The van der Waals surface area contributed by atoms with E-state index in [9.17, 15) is 14.0 Å². The average Bonchev–Trinajstić information content (AvgIpc) is 3.03. The molecule has 2 aliphatic rings. The first-order chi connectivity index (χ1) is 12.9. The average molecular weight is 371 g/mol. The molecule has 7 nitrogen and oxygen atoms in total. The Morgan fingerprint density at radius 2 is 2.00 bits per heavy atom. The molecule has 0 bridgehead atoms. The molecule has 1 aromatic carbocycles. The molecule has 4 rings (SSSR count). The zero-order chi connectivity index (χ0) is 19.2. The number of nitrogens with zero attached hydrogens (tertiary/aromatic N) is 4. The molecule has 0 unspecified atom stereocenters. The van der Waals surface area contributed by atoms with Gasteiger partial charge in [0.05, 0.1) is 17.7 Å². The van der Waals surface area contributed by atoms with Crippen molar-refractivity contribution in [1.82, 2.24) is 14.7 Å². The summed E-state index contributed by atoms with van der Waals surface area (Å²) in [6.45, 7) is 2.94. The molecule has 1 spiro atoms. The second-order valence-corrected chi connectivity index (χ2v) is 7.34. The molecule has 1 fully saturated rings. The molecule has 27 heavy (non-hydrogen) atoms. The van der Waals surface area contributed by atoms with Gasteiger partial charge < -0.3 is 15.1 Å². The van der Waals surface area contributed by atoms with Gasteiger partial charge in [-0.05, 0) is 38.0 Å². The summed E-state index contributed by atoms with van der Waals surface area (Å²) in [5.74, 6) is 0.485. The second kappa shape index (κ2) is 6.37. The second-order valence-electron chi connectivity index (χ2n) is 7.34. The van der Waals surface area contributed by atoms with E-state index >= 15 is 0 Å². The van der Waals surface area contributed by atoms with E-state index in [0.29, 0.717) is 38.0 Å². The summed E-state index contributed by atoms with van der Waals surface area (Å²) < 4.78 is 15.3. The van der Waals surface area contributed by atoms with Gasteiger partial charge in [0.25, 0.3) is 0 Å². The van der Waals surface area contributed by atoms with Crippen molar-refractivity contribution in [3.8, 4) is 0 Å². The summed E-state index contributed by atoms with van der Waals surface area (Å²) in [6.07, 6.45) is 1.69. The van der Waals surface area contributed by atoms with E-state index in [2.05, 4.69) is 10.4 Å². The lowest BCUT2D eigenvalue weighted by molar-refractivity contribution is -0.122. The third-order valence-corrected chi connectivity index (χ3v) is 5.52. The number of rotatable bonds is 1. The van der Waals surface area contributed by atoms with Crippen LogP contribution in [0.2, 0.25) is 0 Å². The highest BCUT2D eigenvalue weighted by atomic mass is 19.1. The summed E-state index contributed by atoms with van der Waals surface area (Å²) in [5, 5.41) is 7.35. The number of carbonyl (C=O) groups excluding carboxylic acids is 2. The maximum absolute atomic E-state index is 13.3. The molecule has 3 amide bonds. The number of benzene rings is 1. The van der Waals surface area contributed by atoms with Crippen LogP contribution in [0.4, 0.5) is 20.7 Å². The molecule has 1 aromatic heterocycles. The molecule has 1 N–H and O–H groups in total. The number of halogens is 1. The van der Waals surface area contributed by atoms with Crippen molar-refractivity contribution in [2.75, 3.05) is 30.4 Å². The number of nitrogens with one attached hydrogen (secondary N) is 1. The number of aromatic nitrogens is 2. The highest BCUT2D eigenvalue weighted by molar-refractivity contribution is 5.94. The van der Waals surface area contributed by atoms with Gasteiger partial charge in [0.2, 0.25) is 5.91 Å². The van der Waals surface area contributed by atoms with Crippen molar-refractivity contribution in [2.24, 2.45) is 0 Å². The summed E-state index contributed by atoms with van der Waals surface area (Å²) >= 11 is 0. The van der Waals surface area contributed by atoms with Gasteiger partial charge in [-0.3, -0.25) is 4.79 Å². The minimum absolute atomic E-state index is 0.0695. The minimum Gasteiger partial charge on any atom is -0.324 e. The van der Waals surface area contributed by atoms with Gasteiger partial charge in [0, 0.05) is 31.9 Å². The van der Waals surface area contributed by atoms with Crippen LogP contribution in [0.3, 0.4) is 0 Å². The van der Waals surface area contributed by atoms with E-state index in [-0.39, 0.29) is 17.5 Å². The van der Waals surface area contributed by atoms with Crippen molar-refractivity contribution < 1.29 is 14.0 Å². The topological polar surface area (TPSA) is 70.5 Å². The number of aryl methyl sites for hydroxylation is 1. The smallest absolute Gasteiger partial charge is 0.321 e. The first-order valence-corrected chi connectivity index (χ1v) is 9.03. The molecule has 3 heterocycles. The Bertz CT molecular complexity index is 901. The van der Waals surface area contributed by atoms with Crippen LogP contribution in [0.1, 0.15) is 25.0 Å². The molecule has 2 aromatic rings. The Hall–Kier alpha value is -2.90. The van der Waals surface area contributed by atoms with Crippen LogP contribution in [-0.4, -0.2) is 46.8 Å². The van der Waals surface area contributed by atoms with Crippen molar-refractivity contribution in [1.29, 1.82) is 0 Å². The Kier molecular flexibility index (Phi) is 4.13.